The van der Waals surface area contributed by atoms with Crippen LogP contribution in [0.5, 0.6) is 0 Å². The van der Waals surface area contributed by atoms with E-state index < -0.39 is 0 Å². The number of ketones is 1. The van der Waals surface area contributed by atoms with E-state index in [1.54, 1.807) is 6.20 Å². The number of carbonyl (C=O) groups excluding carboxylic acids is 1. The number of Topliss-reactive ketones (excluding diaryl/α,β-unsaturated/α-hetero) is 1. The van der Waals surface area contributed by atoms with Crippen LogP contribution in [0.15, 0.2) is 18.3 Å². The van der Waals surface area contributed by atoms with E-state index in [-0.39, 0.29) is 5.78 Å². The third-order valence-corrected chi connectivity index (χ3v) is 3.23. The van der Waals surface area contributed by atoms with Crippen LogP contribution in [0, 0.1) is 6.92 Å². The Morgan fingerprint density at radius 3 is 2.76 bits per heavy atom. The zero-order chi connectivity index (χ0) is 12.3. The normalized spacial score (nSPS) is 18.2. The minimum Gasteiger partial charge on any atom is -0.328 e. The van der Waals surface area contributed by atoms with E-state index in [2.05, 4.69) is 9.88 Å². The van der Waals surface area contributed by atoms with Crippen molar-refractivity contribution in [1.82, 2.24) is 9.88 Å². The van der Waals surface area contributed by atoms with Crippen molar-refractivity contribution < 1.29 is 4.79 Å². The van der Waals surface area contributed by atoms with Gasteiger partial charge in [-0.1, -0.05) is 0 Å². The molecule has 0 radical (unpaired) electrons. The largest absolute Gasteiger partial charge is 0.328 e. The van der Waals surface area contributed by atoms with Gasteiger partial charge in [0.05, 0.1) is 6.54 Å². The molecule has 1 saturated heterocycles. The average Bonchev–Trinajstić information content (AvgIpc) is 2.33. The number of aryl methyl sites for hydroxylation is 1. The molecule has 4 nitrogen and oxygen atoms in total. The van der Waals surface area contributed by atoms with E-state index >= 15 is 0 Å². The summed E-state index contributed by atoms with van der Waals surface area (Å²) in [5.74, 6) is 0.146. The summed E-state index contributed by atoms with van der Waals surface area (Å²) in [5, 5.41) is 0. The molecule has 92 valence electrons. The molecule has 1 aromatic heterocycles. The van der Waals surface area contributed by atoms with Gasteiger partial charge in [0, 0.05) is 36.6 Å². The first-order chi connectivity index (χ1) is 8.15. The molecule has 17 heavy (non-hydrogen) atoms. The Hall–Kier alpha value is -1.26. The van der Waals surface area contributed by atoms with Gasteiger partial charge >= 0.3 is 0 Å². The number of likely N-dealkylation sites (tertiary alicyclic amines) is 1. The van der Waals surface area contributed by atoms with Crippen LogP contribution in [0.4, 0.5) is 0 Å². The lowest BCUT2D eigenvalue weighted by Gasteiger charge is -2.29. The van der Waals surface area contributed by atoms with Crippen LogP contribution < -0.4 is 5.73 Å². The van der Waals surface area contributed by atoms with Gasteiger partial charge in [0.2, 0.25) is 0 Å². The molecule has 0 saturated carbocycles. The van der Waals surface area contributed by atoms with Gasteiger partial charge in [0.1, 0.15) is 0 Å². The number of carbonyl (C=O) groups is 1. The van der Waals surface area contributed by atoms with E-state index in [1.165, 1.54) is 0 Å². The first-order valence-electron chi connectivity index (χ1n) is 6.09. The molecule has 0 aliphatic carbocycles. The van der Waals surface area contributed by atoms with E-state index in [0.717, 1.165) is 31.6 Å². The van der Waals surface area contributed by atoms with E-state index in [9.17, 15) is 4.79 Å². The van der Waals surface area contributed by atoms with Crippen molar-refractivity contribution in [2.45, 2.75) is 25.8 Å². The molecule has 2 heterocycles. The van der Waals surface area contributed by atoms with Crippen LogP contribution >= 0.6 is 0 Å². The highest BCUT2D eigenvalue weighted by molar-refractivity contribution is 5.97. The van der Waals surface area contributed by atoms with E-state index in [4.69, 9.17) is 5.73 Å². The van der Waals surface area contributed by atoms with Crippen molar-refractivity contribution in [1.29, 1.82) is 0 Å². The highest BCUT2D eigenvalue weighted by atomic mass is 16.1. The minimum atomic E-state index is 0.146. The molecule has 0 atom stereocenters. The van der Waals surface area contributed by atoms with Gasteiger partial charge in [-0.3, -0.25) is 14.7 Å². The van der Waals surface area contributed by atoms with Crippen molar-refractivity contribution >= 4 is 5.78 Å². The fraction of sp³-hybridized carbons (Fsp3) is 0.538. The highest BCUT2D eigenvalue weighted by Gasteiger charge is 2.18. The summed E-state index contributed by atoms with van der Waals surface area (Å²) in [4.78, 5) is 18.3. The molecule has 0 unspecified atom stereocenters. The molecular formula is C13H19N3O. The maximum absolute atomic E-state index is 12.0. The lowest BCUT2D eigenvalue weighted by molar-refractivity contribution is 0.0909. The number of piperidine rings is 1. The molecule has 0 spiro atoms. The smallest absolute Gasteiger partial charge is 0.178 e. The second-order valence-electron chi connectivity index (χ2n) is 4.73. The number of rotatable bonds is 3. The number of hydrogen-bond acceptors (Lipinski definition) is 4. The average molecular weight is 233 g/mol. The van der Waals surface area contributed by atoms with Crippen molar-refractivity contribution in [3.05, 3.63) is 29.6 Å². The number of aromatic nitrogens is 1. The van der Waals surface area contributed by atoms with Crippen molar-refractivity contribution in [3.63, 3.8) is 0 Å². The lowest BCUT2D eigenvalue weighted by Crippen LogP contribution is -2.41. The predicted octanol–water partition coefficient (Wildman–Crippen LogP) is 0.996. The standard InChI is InChI=1S/C13H19N3O/c1-10-2-3-11(8-15-10)13(17)9-16-6-4-12(14)5-7-16/h2-3,8,12H,4-7,9,14H2,1H3. The Morgan fingerprint density at radius 2 is 2.18 bits per heavy atom. The molecule has 1 aliphatic heterocycles. The quantitative estimate of drug-likeness (QED) is 0.791. The molecule has 1 aromatic rings. The Balaban J connectivity index is 1.91. The Kier molecular flexibility index (Phi) is 3.86. The van der Waals surface area contributed by atoms with Gasteiger partial charge in [0.25, 0.3) is 0 Å². The van der Waals surface area contributed by atoms with Gasteiger partial charge in [-0.2, -0.15) is 0 Å². The van der Waals surface area contributed by atoms with Gasteiger partial charge < -0.3 is 5.73 Å². The molecule has 0 amide bonds. The number of nitrogens with two attached hydrogens (primary N) is 1. The zero-order valence-electron chi connectivity index (χ0n) is 10.2. The molecular weight excluding hydrogens is 214 g/mol. The van der Waals surface area contributed by atoms with Crippen LogP contribution in [0.2, 0.25) is 0 Å². The first kappa shape index (κ1) is 12.2. The number of nitrogens with zero attached hydrogens (tertiary/aromatic N) is 2. The number of hydrogen-bond donors (Lipinski definition) is 1. The number of pyridine rings is 1. The Labute approximate surface area is 102 Å². The fourth-order valence-corrected chi connectivity index (χ4v) is 2.04. The van der Waals surface area contributed by atoms with E-state index in [0.29, 0.717) is 18.2 Å². The summed E-state index contributed by atoms with van der Waals surface area (Å²) in [6.07, 6.45) is 3.63. The minimum absolute atomic E-state index is 0.146. The third kappa shape index (κ3) is 3.35. The summed E-state index contributed by atoms with van der Waals surface area (Å²) in [6, 6.07) is 4.03. The topological polar surface area (TPSA) is 59.2 Å². The fourth-order valence-electron chi connectivity index (χ4n) is 2.04. The van der Waals surface area contributed by atoms with Crippen LogP contribution in [0.25, 0.3) is 0 Å². The van der Waals surface area contributed by atoms with Crippen molar-refractivity contribution in [2.24, 2.45) is 5.73 Å². The molecule has 2 rings (SSSR count). The van der Waals surface area contributed by atoms with Crippen molar-refractivity contribution in [3.8, 4) is 0 Å². The van der Waals surface area contributed by atoms with Gasteiger partial charge in [-0.05, 0) is 31.9 Å². The summed E-state index contributed by atoms with van der Waals surface area (Å²) in [5.41, 5.74) is 7.47. The first-order valence-corrected chi connectivity index (χ1v) is 6.09. The SMILES string of the molecule is Cc1ccc(C(=O)CN2CCC(N)CC2)cn1. The van der Waals surface area contributed by atoms with Crippen molar-refractivity contribution in [2.75, 3.05) is 19.6 Å². The van der Waals surface area contributed by atoms with Gasteiger partial charge in [0.15, 0.2) is 5.78 Å². The van der Waals surface area contributed by atoms with Crippen LogP contribution in [-0.4, -0.2) is 41.3 Å². The lowest BCUT2D eigenvalue weighted by atomic mass is 10.1. The summed E-state index contributed by atoms with van der Waals surface area (Å²) in [6.45, 7) is 4.25. The summed E-state index contributed by atoms with van der Waals surface area (Å²) < 4.78 is 0. The molecule has 1 aliphatic rings. The predicted molar refractivity (Wildman–Crippen MR) is 67.0 cm³/mol. The van der Waals surface area contributed by atoms with Crippen LogP contribution in [-0.2, 0) is 0 Å². The Bertz CT molecular complexity index is 380. The van der Waals surface area contributed by atoms with Crippen LogP contribution in [0.3, 0.4) is 0 Å². The third-order valence-electron chi connectivity index (χ3n) is 3.23. The second kappa shape index (κ2) is 5.38. The maximum atomic E-state index is 12.0. The molecule has 2 N–H and O–H groups in total. The van der Waals surface area contributed by atoms with Gasteiger partial charge in [-0.25, -0.2) is 0 Å². The van der Waals surface area contributed by atoms with Crippen LogP contribution in [0.1, 0.15) is 28.9 Å². The summed E-state index contributed by atoms with van der Waals surface area (Å²) in [7, 11) is 0. The maximum Gasteiger partial charge on any atom is 0.178 e. The molecule has 4 heteroatoms. The molecule has 0 bridgehead atoms. The Morgan fingerprint density at radius 1 is 1.47 bits per heavy atom. The summed E-state index contributed by atoms with van der Waals surface area (Å²) >= 11 is 0. The van der Waals surface area contributed by atoms with E-state index in [1.807, 2.05) is 19.1 Å². The second-order valence-corrected chi connectivity index (χ2v) is 4.73. The highest BCUT2D eigenvalue weighted by Crippen LogP contribution is 2.09. The molecule has 0 aromatic carbocycles. The zero-order valence-corrected chi connectivity index (χ0v) is 10.2. The van der Waals surface area contributed by atoms with Gasteiger partial charge in [-0.15, -0.1) is 0 Å². The molecule has 1 fully saturated rings. The monoisotopic (exact) mass is 233 g/mol.